The van der Waals surface area contributed by atoms with Gasteiger partial charge in [-0.25, -0.2) is 0 Å². The molecule has 0 unspecified atom stereocenters. The zero-order valence-corrected chi connectivity index (χ0v) is 14.0. The summed E-state index contributed by atoms with van der Waals surface area (Å²) in [6.07, 6.45) is 0.744. The monoisotopic (exact) mass is 275 g/mol. The highest BCUT2D eigenvalue weighted by Crippen LogP contribution is 2.20. The lowest BCUT2D eigenvalue weighted by Gasteiger charge is -2.32. The third-order valence-corrected chi connectivity index (χ3v) is 3.22. The molecule has 0 saturated heterocycles. The summed E-state index contributed by atoms with van der Waals surface area (Å²) in [5.41, 5.74) is 2.05. The van der Waals surface area contributed by atoms with Crippen LogP contribution in [0.15, 0.2) is 24.3 Å². The van der Waals surface area contributed by atoms with Crippen LogP contribution >= 0.6 is 0 Å². The molecule has 0 fully saturated rings. The van der Waals surface area contributed by atoms with Gasteiger partial charge in [-0.05, 0) is 39.7 Å². The molecule has 0 spiro atoms. The van der Waals surface area contributed by atoms with Crippen LogP contribution in [0, 0.1) is 12.3 Å². The second-order valence-corrected chi connectivity index (χ2v) is 7.75. The summed E-state index contributed by atoms with van der Waals surface area (Å²) in [7, 11) is 0. The highest BCUT2D eigenvalue weighted by atomic mass is 16.1. The maximum Gasteiger partial charge on any atom is 0.155 e. The molecule has 1 atom stereocenters. The van der Waals surface area contributed by atoms with Crippen LogP contribution in [0.3, 0.4) is 0 Å². The molecule has 1 N–H and O–H groups in total. The lowest BCUT2D eigenvalue weighted by Crippen LogP contribution is -2.51. The lowest BCUT2D eigenvalue weighted by atomic mass is 9.83. The first-order valence-electron chi connectivity index (χ1n) is 7.36. The van der Waals surface area contributed by atoms with Gasteiger partial charge in [0.25, 0.3) is 0 Å². The van der Waals surface area contributed by atoms with Crippen molar-refractivity contribution in [3.63, 3.8) is 0 Å². The van der Waals surface area contributed by atoms with Crippen LogP contribution in [0.5, 0.6) is 0 Å². The Balaban J connectivity index is 2.93. The Hall–Kier alpha value is -1.15. The van der Waals surface area contributed by atoms with Gasteiger partial charge in [0.05, 0.1) is 6.04 Å². The van der Waals surface area contributed by atoms with Crippen molar-refractivity contribution in [2.75, 3.05) is 0 Å². The van der Waals surface area contributed by atoms with E-state index >= 15 is 0 Å². The summed E-state index contributed by atoms with van der Waals surface area (Å²) in [5, 5.41) is 3.48. The van der Waals surface area contributed by atoms with Gasteiger partial charge in [0.2, 0.25) is 0 Å². The minimum absolute atomic E-state index is 0.0731. The van der Waals surface area contributed by atoms with E-state index in [2.05, 4.69) is 57.3 Å². The van der Waals surface area contributed by atoms with E-state index in [0.29, 0.717) is 0 Å². The number of aryl methyl sites for hydroxylation is 1. The smallest absolute Gasteiger partial charge is 0.155 e. The third-order valence-electron chi connectivity index (χ3n) is 3.22. The van der Waals surface area contributed by atoms with Crippen molar-refractivity contribution in [3.8, 4) is 0 Å². The zero-order chi connectivity index (χ0) is 15.6. The van der Waals surface area contributed by atoms with Gasteiger partial charge in [0, 0.05) is 11.0 Å². The number of benzene rings is 1. The molecule has 0 saturated carbocycles. The molecule has 0 aliphatic carbocycles. The Bertz CT molecular complexity index is 446. The topological polar surface area (TPSA) is 29.1 Å². The number of carbonyl (C=O) groups is 1. The predicted octanol–water partition coefficient (Wildman–Crippen LogP) is 3.91. The summed E-state index contributed by atoms with van der Waals surface area (Å²) in [5.74, 6) is 0.271. The normalized spacial score (nSPS) is 14.2. The molecule has 0 aliphatic heterocycles. The fraction of sp³-hybridized carbons (Fsp3) is 0.611. The molecular formula is C18H29NO. The molecule has 0 bridgehead atoms. The molecule has 2 nitrogen and oxygen atoms in total. The van der Waals surface area contributed by atoms with E-state index in [9.17, 15) is 4.79 Å². The van der Waals surface area contributed by atoms with Crippen LogP contribution in [0.4, 0.5) is 0 Å². The lowest BCUT2D eigenvalue weighted by molar-refractivity contribution is -0.128. The molecule has 1 rings (SSSR count). The van der Waals surface area contributed by atoms with E-state index in [4.69, 9.17) is 0 Å². The number of carbonyl (C=O) groups excluding carboxylic acids is 1. The number of nitrogens with one attached hydrogen (secondary N) is 1. The molecule has 1 aromatic rings. The SMILES string of the molecule is Cc1ccc(C[C@@H](NC(C)(C)C)C(=O)C(C)(C)C)cc1. The number of Topliss-reactive ketones (excluding diaryl/α,β-unsaturated/α-hetero) is 1. The maximum absolute atomic E-state index is 12.7. The molecule has 0 aliphatic rings. The van der Waals surface area contributed by atoms with Crippen LogP contribution in [-0.2, 0) is 11.2 Å². The van der Waals surface area contributed by atoms with Crippen LogP contribution in [-0.4, -0.2) is 17.4 Å². The molecule has 0 heterocycles. The van der Waals surface area contributed by atoms with Gasteiger partial charge in [0.1, 0.15) is 0 Å². The summed E-state index contributed by atoms with van der Waals surface area (Å²) in [4.78, 5) is 12.7. The van der Waals surface area contributed by atoms with E-state index in [0.717, 1.165) is 6.42 Å². The fourth-order valence-corrected chi connectivity index (χ4v) is 2.21. The van der Waals surface area contributed by atoms with Crippen molar-refractivity contribution in [2.24, 2.45) is 5.41 Å². The first-order valence-corrected chi connectivity index (χ1v) is 7.36. The second-order valence-electron chi connectivity index (χ2n) is 7.75. The van der Waals surface area contributed by atoms with Crippen LogP contribution in [0.1, 0.15) is 52.7 Å². The molecule has 0 radical (unpaired) electrons. The number of hydrogen-bond acceptors (Lipinski definition) is 2. The molecule has 20 heavy (non-hydrogen) atoms. The number of ketones is 1. The average molecular weight is 275 g/mol. The Kier molecular flexibility index (Phi) is 5.15. The Morgan fingerprint density at radius 2 is 1.55 bits per heavy atom. The Morgan fingerprint density at radius 1 is 1.05 bits per heavy atom. The van der Waals surface area contributed by atoms with Gasteiger partial charge in [-0.15, -0.1) is 0 Å². The first-order chi connectivity index (χ1) is 8.99. The standard InChI is InChI=1S/C18H29NO/c1-13-8-10-14(11-9-13)12-15(19-18(5,6)7)16(20)17(2,3)4/h8-11,15,19H,12H2,1-7H3/t15-/m1/s1. The van der Waals surface area contributed by atoms with E-state index in [-0.39, 0.29) is 22.8 Å². The molecular weight excluding hydrogens is 246 g/mol. The molecule has 0 aromatic heterocycles. The van der Waals surface area contributed by atoms with Crippen LogP contribution in [0.2, 0.25) is 0 Å². The van der Waals surface area contributed by atoms with Gasteiger partial charge in [0.15, 0.2) is 5.78 Å². The quantitative estimate of drug-likeness (QED) is 0.902. The summed E-state index contributed by atoms with van der Waals surface area (Å²) >= 11 is 0. The molecule has 112 valence electrons. The highest BCUT2D eigenvalue weighted by molar-refractivity contribution is 5.89. The van der Waals surface area contributed by atoms with Gasteiger partial charge in [-0.2, -0.15) is 0 Å². The predicted molar refractivity (Wildman–Crippen MR) is 86.0 cm³/mol. The van der Waals surface area contributed by atoms with Crippen LogP contribution < -0.4 is 5.32 Å². The van der Waals surface area contributed by atoms with Crippen LogP contribution in [0.25, 0.3) is 0 Å². The van der Waals surface area contributed by atoms with Crippen molar-refractivity contribution >= 4 is 5.78 Å². The van der Waals surface area contributed by atoms with Crippen molar-refractivity contribution in [3.05, 3.63) is 35.4 Å². The van der Waals surface area contributed by atoms with Gasteiger partial charge < -0.3 is 5.32 Å². The number of rotatable bonds is 4. The Morgan fingerprint density at radius 3 is 1.95 bits per heavy atom. The van der Waals surface area contributed by atoms with Crippen molar-refractivity contribution in [2.45, 2.75) is 66.5 Å². The van der Waals surface area contributed by atoms with Gasteiger partial charge in [-0.3, -0.25) is 4.79 Å². The fourth-order valence-electron chi connectivity index (χ4n) is 2.21. The van der Waals surface area contributed by atoms with Gasteiger partial charge >= 0.3 is 0 Å². The maximum atomic E-state index is 12.7. The third kappa shape index (κ3) is 5.46. The highest BCUT2D eigenvalue weighted by Gasteiger charge is 2.31. The van der Waals surface area contributed by atoms with E-state index in [1.165, 1.54) is 11.1 Å². The minimum Gasteiger partial charge on any atom is -0.302 e. The summed E-state index contributed by atoms with van der Waals surface area (Å²) < 4.78 is 0. The van der Waals surface area contributed by atoms with Crippen molar-refractivity contribution in [1.29, 1.82) is 0 Å². The van der Waals surface area contributed by atoms with E-state index in [1.807, 2.05) is 20.8 Å². The van der Waals surface area contributed by atoms with E-state index < -0.39 is 0 Å². The second kappa shape index (κ2) is 6.09. The first kappa shape index (κ1) is 16.9. The average Bonchev–Trinajstić information content (AvgIpc) is 2.27. The summed E-state index contributed by atoms with van der Waals surface area (Å²) in [6.45, 7) is 14.3. The zero-order valence-electron chi connectivity index (χ0n) is 14.0. The van der Waals surface area contributed by atoms with Gasteiger partial charge in [-0.1, -0.05) is 50.6 Å². The summed E-state index contributed by atoms with van der Waals surface area (Å²) in [6, 6.07) is 8.29. The molecule has 2 heteroatoms. The minimum atomic E-state index is -0.326. The van der Waals surface area contributed by atoms with Crippen molar-refractivity contribution in [1.82, 2.24) is 5.32 Å². The number of hydrogen-bond donors (Lipinski definition) is 1. The van der Waals surface area contributed by atoms with E-state index in [1.54, 1.807) is 0 Å². The molecule has 1 aromatic carbocycles. The Labute approximate surface area is 124 Å². The molecule has 0 amide bonds. The largest absolute Gasteiger partial charge is 0.302 e. The van der Waals surface area contributed by atoms with Crippen molar-refractivity contribution < 1.29 is 4.79 Å².